The first-order chi connectivity index (χ1) is 9.79. The van der Waals surface area contributed by atoms with Crippen molar-refractivity contribution in [3.63, 3.8) is 0 Å². The van der Waals surface area contributed by atoms with Crippen molar-refractivity contribution >= 4 is 16.7 Å². The maximum absolute atomic E-state index is 9.44. The molecule has 3 rings (SSSR count). The van der Waals surface area contributed by atoms with Gasteiger partial charge in [0.15, 0.2) is 0 Å². The molecule has 1 fully saturated rings. The molecule has 1 N–H and O–H groups in total. The summed E-state index contributed by atoms with van der Waals surface area (Å²) in [5, 5.41) is 10.4. The lowest BCUT2D eigenvalue weighted by Gasteiger charge is -2.27. The summed E-state index contributed by atoms with van der Waals surface area (Å²) < 4.78 is 5.40. The molecule has 0 spiro atoms. The van der Waals surface area contributed by atoms with E-state index in [1.165, 1.54) is 0 Å². The Morgan fingerprint density at radius 3 is 2.85 bits per heavy atom. The van der Waals surface area contributed by atoms with Gasteiger partial charge in [-0.3, -0.25) is 0 Å². The van der Waals surface area contributed by atoms with Gasteiger partial charge in [0.25, 0.3) is 0 Å². The van der Waals surface area contributed by atoms with Crippen molar-refractivity contribution in [2.75, 3.05) is 31.7 Å². The zero-order chi connectivity index (χ0) is 13.9. The molecule has 2 aromatic rings. The summed E-state index contributed by atoms with van der Waals surface area (Å²) in [6.45, 7) is 2.68. The van der Waals surface area contributed by atoms with Crippen LogP contribution in [0, 0.1) is 17.2 Å². The molecule has 0 saturated carbocycles. The lowest BCUT2D eigenvalue weighted by Crippen LogP contribution is -2.30. The summed E-state index contributed by atoms with van der Waals surface area (Å²) in [5.41, 5.74) is 1.77. The molecule has 1 aliphatic heterocycles. The molecule has 0 unspecified atom stereocenters. The Morgan fingerprint density at radius 1 is 1.35 bits per heavy atom. The number of benzene rings is 1. The topological polar surface area (TPSA) is 52.0 Å². The highest BCUT2D eigenvalue weighted by molar-refractivity contribution is 5.91. The molecular formula is C16H19N3O. The van der Waals surface area contributed by atoms with Gasteiger partial charge >= 0.3 is 0 Å². The zero-order valence-corrected chi connectivity index (χ0v) is 11.7. The van der Waals surface area contributed by atoms with Crippen LogP contribution in [0.1, 0.15) is 18.4 Å². The number of aromatic amines is 1. The SMILES string of the molecule is CN(CC1CCOCC1)c1[nH]c2ccccc2c1C#N. The third-order valence-electron chi connectivity index (χ3n) is 4.05. The van der Waals surface area contributed by atoms with E-state index in [1.807, 2.05) is 24.3 Å². The Morgan fingerprint density at radius 2 is 2.10 bits per heavy atom. The zero-order valence-electron chi connectivity index (χ0n) is 11.7. The molecule has 4 nitrogen and oxygen atoms in total. The van der Waals surface area contributed by atoms with Crippen molar-refractivity contribution < 1.29 is 4.74 Å². The summed E-state index contributed by atoms with van der Waals surface area (Å²) in [6.07, 6.45) is 2.21. The van der Waals surface area contributed by atoms with Crippen LogP contribution < -0.4 is 4.90 Å². The van der Waals surface area contributed by atoms with Crippen molar-refractivity contribution in [3.8, 4) is 6.07 Å². The monoisotopic (exact) mass is 269 g/mol. The highest BCUT2D eigenvalue weighted by Gasteiger charge is 2.19. The van der Waals surface area contributed by atoms with Crippen molar-refractivity contribution in [1.82, 2.24) is 4.98 Å². The molecule has 0 radical (unpaired) electrons. The fourth-order valence-corrected chi connectivity index (χ4v) is 2.93. The van der Waals surface area contributed by atoms with Gasteiger partial charge in [0.1, 0.15) is 17.5 Å². The van der Waals surface area contributed by atoms with E-state index < -0.39 is 0 Å². The summed E-state index contributed by atoms with van der Waals surface area (Å²) in [6, 6.07) is 10.3. The van der Waals surface area contributed by atoms with Gasteiger partial charge in [-0.25, -0.2) is 0 Å². The van der Waals surface area contributed by atoms with Crippen LogP contribution in [0.25, 0.3) is 10.9 Å². The lowest BCUT2D eigenvalue weighted by atomic mass is 10.00. The summed E-state index contributed by atoms with van der Waals surface area (Å²) in [7, 11) is 2.06. The van der Waals surface area contributed by atoms with Gasteiger partial charge in [-0.1, -0.05) is 18.2 Å². The van der Waals surface area contributed by atoms with Crippen LogP contribution >= 0.6 is 0 Å². The summed E-state index contributed by atoms with van der Waals surface area (Å²) >= 11 is 0. The Bertz CT molecular complexity index is 635. The molecule has 0 amide bonds. The quantitative estimate of drug-likeness (QED) is 0.932. The molecular weight excluding hydrogens is 250 g/mol. The first kappa shape index (κ1) is 13.0. The minimum Gasteiger partial charge on any atom is -0.381 e. The Balaban J connectivity index is 1.87. The lowest BCUT2D eigenvalue weighted by molar-refractivity contribution is 0.0685. The Hall–Kier alpha value is -1.99. The predicted octanol–water partition coefficient (Wildman–Crippen LogP) is 2.90. The van der Waals surface area contributed by atoms with Gasteiger partial charge in [-0.05, 0) is 24.8 Å². The fourth-order valence-electron chi connectivity index (χ4n) is 2.93. The number of nitrogens with one attached hydrogen (secondary N) is 1. The number of H-pyrrole nitrogens is 1. The maximum atomic E-state index is 9.44. The van der Waals surface area contributed by atoms with Crippen LogP contribution in [0.15, 0.2) is 24.3 Å². The first-order valence-corrected chi connectivity index (χ1v) is 7.09. The number of nitriles is 1. The molecule has 0 aliphatic carbocycles. The number of ether oxygens (including phenoxy) is 1. The van der Waals surface area contributed by atoms with Gasteiger partial charge in [0, 0.05) is 37.7 Å². The van der Waals surface area contributed by atoms with E-state index in [9.17, 15) is 5.26 Å². The van der Waals surface area contributed by atoms with Crippen LogP contribution in [0.5, 0.6) is 0 Å². The first-order valence-electron chi connectivity index (χ1n) is 7.09. The fraction of sp³-hybridized carbons (Fsp3) is 0.438. The van der Waals surface area contributed by atoms with Crippen molar-refractivity contribution in [1.29, 1.82) is 5.26 Å². The van der Waals surface area contributed by atoms with Crippen molar-refractivity contribution in [2.24, 2.45) is 5.92 Å². The van der Waals surface area contributed by atoms with E-state index in [1.54, 1.807) is 0 Å². The summed E-state index contributed by atoms with van der Waals surface area (Å²) in [5.74, 6) is 1.58. The van der Waals surface area contributed by atoms with Crippen LogP contribution in [-0.4, -0.2) is 31.8 Å². The largest absolute Gasteiger partial charge is 0.381 e. The molecule has 1 aromatic heterocycles. The maximum Gasteiger partial charge on any atom is 0.124 e. The molecule has 0 bridgehead atoms. The molecule has 20 heavy (non-hydrogen) atoms. The van der Waals surface area contributed by atoms with Crippen LogP contribution in [0.2, 0.25) is 0 Å². The number of rotatable bonds is 3. The number of anilines is 1. The van der Waals surface area contributed by atoms with Crippen molar-refractivity contribution in [3.05, 3.63) is 29.8 Å². The van der Waals surface area contributed by atoms with Gasteiger partial charge in [-0.2, -0.15) is 5.26 Å². The van der Waals surface area contributed by atoms with Crippen molar-refractivity contribution in [2.45, 2.75) is 12.8 Å². The molecule has 0 atom stereocenters. The molecule has 1 aliphatic rings. The highest BCUT2D eigenvalue weighted by Crippen LogP contribution is 2.28. The van der Waals surface area contributed by atoms with Crippen LogP contribution in [-0.2, 0) is 4.74 Å². The third kappa shape index (κ3) is 2.37. The van der Waals surface area contributed by atoms with E-state index >= 15 is 0 Å². The van der Waals surface area contributed by atoms with Gasteiger partial charge < -0.3 is 14.6 Å². The number of nitrogens with zero attached hydrogens (tertiary/aromatic N) is 2. The average Bonchev–Trinajstić information content (AvgIpc) is 2.87. The van der Waals surface area contributed by atoms with E-state index in [0.29, 0.717) is 5.92 Å². The number of fused-ring (bicyclic) bond motifs is 1. The minimum atomic E-state index is 0.645. The normalized spacial score (nSPS) is 16.2. The smallest absolute Gasteiger partial charge is 0.124 e. The summed E-state index contributed by atoms with van der Waals surface area (Å²) in [4.78, 5) is 5.55. The highest BCUT2D eigenvalue weighted by atomic mass is 16.5. The number of hydrogen-bond donors (Lipinski definition) is 1. The van der Waals surface area contributed by atoms with E-state index in [0.717, 1.165) is 54.9 Å². The molecule has 1 saturated heterocycles. The van der Waals surface area contributed by atoms with E-state index in [4.69, 9.17) is 4.74 Å². The number of para-hydroxylation sites is 1. The van der Waals surface area contributed by atoms with Gasteiger partial charge in [0.05, 0.1) is 0 Å². The number of aromatic nitrogens is 1. The molecule has 2 heterocycles. The van der Waals surface area contributed by atoms with Gasteiger partial charge in [-0.15, -0.1) is 0 Å². The molecule has 104 valence electrons. The van der Waals surface area contributed by atoms with Gasteiger partial charge in [0.2, 0.25) is 0 Å². The second-order valence-electron chi connectivity index (χ2n) is 5.44. The second kappa shape index (κ2) is 5.56. The predicted molar refractivity (Wildman–Crippen MR) is 79.8 cm³/mol. The minimum absolute atomic E-state index is 0.645. The molecule has 1 aromatic carbocycles. The Kier molecular flexibility index (Phi) is 3.62. The molecule has 4 heteroatoms. The third-order valence-corrected chi connectivity index (χ3v) is 4.05. The standard InChI is InChI=1S/C16H19N3O/c1-19(11-12-6-8-20-9-7-12)16-14(10-17)13-4-2-3-5-15(13)18-16/h2-5,12,18H,6-9,11H2,1H3. The van der Waals surface area contributed by atoms with Crippen LogP contribution in [0.3, 0.4) is 0 Å². The van der Waals surface area contributed by atoms with E-state index in [-0.39, 0.29) is 0 Å². The number of hydrogen-bond acceptors (Lipinski definition) is 3. The van der Waals surface area contributed by atoms with E-state index in [2.05, 4.69) is 23.0 Å². The van der Waals surface area contributed by atoms with Crippen LogP contribution in [0.4, 0.5) is 5.82 Å². The second-order valence-corrected chi connectivity index (χ2v) is 5.44. The average molecular weight is 269 g/mol. The Labute approximate surface area is 119 Å².